The van der Waals surface area contributed by atoms with Crippen LogP contribution >= 0.6 is 0 Å². The summed E-state index contributed by atoms with van der Waals surface area (Å²) >= 11 is 0. The minimum atomic E-state index is -0.0529. The zero-order valence-electron chi connectivity index (χ0n) is 13.0. The highest BCUT2D eigenvalue weighted by Crippen LogP contribution is 2.30. The van der Waals surface area contributed by atoms with Crippen molar-refractivity contribution in [3.63, 3.8) is 0 Å². The van der Waals surface area contributed by atoms with Crippen LogP contribution in [0.4, 0.5) is 0 Å². The van der Waals surface area contributed by atoms with Gasteiger partial charge in [0.15, 0.2) is 11.5 Å². The first-order valence-corrected chi connectivity index (χ1v) is 7.09. The molecule has 0 heterocycles. The summed E-state index contributed by atoms with van der Waals surface area (Å²) in [5.41, 5.74) is 1.00. The smallest absolute Gasteiger partial charge is 0.223 e. The summed E-state index contributed by atoms with van der Waals surface area (Å²) in [5, 5.41) is 3.05. The zero-order chi connectivity index (χ0) is 15.1. The first-order chi connectivity index (χ1) is 9.57. The van der Waals surface area contributed by atoms with Gasteiger partial charge < -0.3 is 14.8 Å². The lowest BCUT2D eigenvalue weighted by molar-refractivity contribution is -0.125. The molecule has 1 unspecified atom stereocenters. The highest BCUT2D eigenvalue weighted by molar-refractivity contribution is 5.79. The Hall–Kier alpha value is -1.71. The molecule has 0 fully saturated rings. The maximum Gasteiger partial charge on any atom is 0.223 e. The van der Waals surface area contributed by atoms with Crippen molar-refractivity contribution in [1.29, 1.82) is 0 Å². The largest absolute Gasteiger partial charge is 0.493 e. The normalized spacial score (nSPS) is 12.1. The predicted molar refractivity (Wildman–Crippen MR) is 80.2 cm³/mol. The Morgan fingerprint density at radius 1 is 1.15 bits per heavy atom. The van der Waals surface area contributed by atoms with Crippen LogP contribution in [0.25, 0.3) is 0 Å². The summed E-state index contributed by atoms with van der Waals surface area (Å²) in [6.45, 7) is 6.05. The number of benzene rings is 1. The molecule has 1 rings (SSSR count). The van der Waals surface area contributed by atoms with Crippen molar-refractivity contribution in [3.05, 3.63) is 23.8 Å². The van der Waals surface area contributed by atoms with Gasteiger partial charge in [-0.15, -0.1) is 0 Å². The fourth-order valence-corrected chi connectivity index (χ4v) is 2.20. The third-order valence-corrected chi connectivity index (χ3v) is 3.62. The van der Waals surface area contributed by atoms with E-state index in [4.69, 9.17) is 9.47 Å². The highest BCUT2D eigenvalue weighted by atomic mass is 16.5. The number of carbonyl (C=O) groups excluding carboxylic acids is 1. The molecular weight excluding hydrogens is 254 g/mol. The van der Waals surface area contributed by atoms with Crippen LogP contribution in [0.5, 0.6) is 11.5 Å². The molecule has 0 saturated carbocycles. The number of amides is 1. The van der Waals surface area contributed by atoms with Gasteiger partial charge in [-0.1, -0.05) is 19.9 Å². The Morgan fingerprint density at radius 2 is 1.75 bits per heavy atom. The SMILES string of the molecule is CCC(CC)C(=O)NC(C)c1ccc(OC)c(OC)c1. The van der Waals surface area contributed by atoms with Crippen molar-refractivity contribution < 1.29 is 14.3 Å². The monoisotopic (exact) mass is 279 g/mol. The summed E-state index contributed by atoms with van der Waals surface area (Å²) in [7, 11) is 3.21. The van der Waals surface area contributed by atoms with Crippen molar-refractivity contribution >= 4 is 5.91 Å². The van der Waals surface area contributed by atoms with Gasteiger partial charge in [-0.3, -0.25) is 4.79 Å². The fraction of sp³-hybridized carbons (Fsp3) is 0.562. The van der Waals surface area contributed by atoms with E-state index in [1.807, 2.05) is 39.0 Å². The zero-order valence-corrected chi connectivity index (χ0v) is 13.0. The second-order valence-electron chi connectivity index (χ2n) is 4.86. The second-order valence-corrected chi connectivity index (χ2v) is 4.86. The summed E-state index contributed by atoms with van der Waals surface area (Å²) in [4.78, 5) is 12.1. The van der Waals surface area contributed by atoms with Crippen LogP contribution in [0.2, 0.25) is 0 Å². The van der Waals surface area contributed by atoms with Gasteiger partial charge in [0.1, 0.15) is 0 Å². The lowest BCUT2D eigenvalue weighted by Gasteiger charge is -2.19. The van der Waals surface area contributed by atoms with Gasteiger partial charge in [0.2, 0.25) is 5.91 Å². The fourth-order valence-electron chi connectivity index (χ4n) is 2.20. The minimum Gasteiger partial charge on any atom is -0.493 e. The third-order valence-electron chi connectivity index (χ3n) is 3.62. The summed E-state index contributed by atoms with van der Waals surface area (Å²) in [6.07, 6.45) is 1.72. The van der Waals surface area contributed by atoms with Gasteiger partial charge in [-0.25, -0.2) is 0 Å². The van der Waals surface area contributed by atoms with Crippen molar-refractivity contribution in [2.45, 2.75) is 39.7 Å². The Balaban J connectivity index is 2.82. The number of carbonyl (C=O) groups is 1. The average molecular weight is 279 g/mol. The van der Waals surface area contributed by atoms with Crippen molar-refractivity contribution in [2.24, 2.45) is 5.92 Å². The number of methoxy groups -OCH3 is 2. The van der Waals surface area contributed by atoms with Crippen molar-refractivity contribution in [1.82, 2.24) is 5.32 Å². The van der Waals surface area contributed by atoms with Crippen LogP contribution in [0.1, 0.15) is 45.2 Å². The molecule has 1 N–H and O–H groups in total. The molecule has 0 saturated heterocycles. The summed E-state index contributed by atoms with van der Waals surface area (Å²) < 4.78 is 10.5. The van der Waals surface area contributed by atoms with Crippen LogP contribution in [-0.2, 0) is 4.79 Å². The molecule has 0 spiro atoms. The van der Waals surface area contributed by atoms with Crippen LogP contribution in [0.3, 0.4) is 0 Å². The van der Waals surface area contributed by atoms with Gasteiger partial charge in [0, 0.05) is 5.92 Å². The number of ether oxygens (including phenoxy) is 2. The second kappa shape index (κ2) is 7.78. The number of rotatable bonds is 7. The lowest BCUT2D eigenvalue weighted by Crippen LogP contribution is -2.32. The van der Waals surface area contributed by atoms with Crippen LogP contribution in [0, 0.1) is 5.92 Å². The minimum absolute atomic E-state index is 0.0529. The van der Waals surface area contributed by atoms with Crippen LogP contribution in [0.15, 0.2) is 18.2 Å². The number of nitrogens with one attached hydrogen (secondary N) is 1. The lowest BCUT2D eigenvalue weighted by atomic mass is 10.0. The molecule has 0 aromatic heterocycles. The quantitative estimate of drug-likeness (QED) is 0.833. The standard InChI is InChI=1S/C16H25NO3/c1-6-12(7-2)16(18)17-11(3)13-8-9-14(19-4)15(10-13)20-5/h8-12H,6-7H2,1-5H3,(H,17,18). The van der Waals surface area contributed by atoms with Gasteiger partial charge in [-0.05, 0) is 37.5 Å². The molecule has 0 aliphatic carbocycles. The van der Waals surface area contributed by atoms with Gasteiger partial charge in [0.25, 0.3) is 0 Å². The first kappa shape index (κ1) is 16.3. The molecule has 4 heteroatoms. The molecule has 0 bridgehead atoms. The molecule has 1 amide bonds. The molecule has 1 aromatic rings. The highest BCUT2D eigenvalue weighted by Gasteiger charge is 2.18. The van der Waals surface area contributed by atoms with E-state index >= 15 is 0 Å². The molecule has 1 atom stereocenters. The number of hydrogen-bond donors (Lipinski definition) is 1. The Bertz CT molecular complexity index is 441. The van der Waals surface area contributed by atoms with Crippen molar-refractivity contribution in [3.8, 4) is 11.5 Å². The summed E-state index contributed by atoms with van der Waals surface area (Å²) in [5.74, 6) is 1.55. The first-order valence-electron chi connectivity index (χ1n) is 7.09. The molecule has 1 aromatic carbocycles. The van der Waals surface area contributed by atoms with Gasteiger partial charge >= 0.3 is 0 Å². The maximum absolute atomic E-state index is 12.1. The predicted octanol–water partition coefficient (Wildman–Crippen LogP) is 3.32. The van der Waals surface area contributed by atoms with Crippen molar-refractivity contribution in [2.75, 3.05) is 14.2 Å². The summed E-state index contributed by atoms with van der Waals surface area (Å²) in [6, 6.07) is 5.65. The van der Waals surface area contributed by atoms with E-state index in [0.29, 0.717) is 11.5 Å². The van der Waals surface area contributed by atoms with Crippen LogP contribution < -0.4 is 14.8 Å². The molecule has 0 radical (unpaired) electrons. The number of hydrogen-bond acceptors (Lipinski definition) is 3. The Labute approximate surface area is 121 Å². The molecule has 0 aliphatic rings. The third kappa shape index (κ3) is 3.89. The van der Waals surface area contributed by atoms with Gasteiger partial charge in [-0.2, -0.15) is 0 Å². The van der Waals surface area contributed by atoms with E-state index in [0.717, 1.165) is 18.4 Å². The molecule has 0 aliphatic heterocycles. The topological polar surface area (TPSA) is 47.6 Å². The van der Waals surface area contributed by atoms with E-state index in [9.17, 15) is 4.79 Å². The van der Waals surface area contributed by atoms with E-state index in [2.05, 4.69) is 5.32 Å². The molecule has 20 heavy (non-hydrogen) atoms. The van der Waals surface area contributed by atoms with E-state index in [-0.39, 0.29) is 17.9 Å². The Morgan fingerprint density at radius 3 is 2.25 bits per heavy atom. The van der Waals surface area contributed by atoms with Crippen LogP contribution in [-0.4, -0.2) is 20.1 Å². The molecular formula is C16H25NO3. The average Bonchev–Trinajstić information content (AvgIpc) is 2.47. The van der Waals surface area contributed by atoms with E-state index in [1.54, 1.807) is 14.2 Å². The molecule has 4 nitrogen and oxygen atoms in total. The molecule has 112 valence electrons. The van der Waals surface area contributed by atoms with E-state index in [1.165, 1.54) is 0 Å². The Kier molecular flexibility index (Phi) is 6.36. The maximum atomic E-state index is 12.1. The van der Waals surface area contributed by atoms with E-state index < -0.39 is 0 Å². The van der Waals surface area contributed by atoms with Gasteiger partial charge in [0.05, 0.1) is 20.3 Å².